The molecule has 1 aromatic heterocycles. The maximum atomic E-state index is 12.8. The van der Waals surface area contributed by atoms with Crippen LogP contribution >= 0.6 is 0 Å². The number of nitrogens with zero attached hydrogens (tertiary/aromatic N) is 1. The summed E-state index contributed by atoms with van der Waals surface area (Å²) in [4.78, 5) is 44.0. The van der Waals surface area contributed by atoms with Crippen LogP contribution in [0.3, 0.4) is 0 Å². The second-order valence-electron chi connectivity index (χ2n) is 6.03. The number of ether oxygens (including phenoxy) is 2. The third kappa shape index (κ3) is 4.52. The first-order valence-corrected chi connectivity index (χ1v) is 8.55. The van der Waals surface area contributed by atoms with Gasteiger partial charge in [0.2, 0.25) is 0 Å². The van der Waals surface area contributed by atoms with E-state index in [2.05, 4.69) is 15.3 Å². The van der Waals surface area contributed by atoms with Gasteiger partial charge in [0.1, 0.15) is 11.9 Å². The average molecular weight is 373 g/mol. The first kappa shape index (κ1) is 20.2. The molecule has 0 aliphatic heterocycles. The van der Waals surface area contributed by atoms with E-state index >= 15 is 0 Å². The van der Waals surface area contributed by atoms with Crippen molar-refractivity contribution in [2.75, 3.05) is 14.2 Å². The molecule has 2 aromatic rings. The lowest BCUT2D eigenvalue weighted by molar-refractivity contribution is -0.144. The van der Waals surface area contributed by atoms with Crippen LogP contribution in [0, 0.1) is 5.92 Å². The van der Waals surface area contributed by atoms with Crippen LogP contribution in [0.4, 0.5) is 0 Å². The van der Waals surface area contributed by atoms with E-state index in [9.17, 15) is 14.4 Å². The molecule has 8 nitrogen and oxygen atoms in total. The van der Waals surface area contributed by atoms with E-state index < -0.39 is 23.9 Å². The molecule has 0 saturated carbocycles. The maximum Gasteiger partial charge on any atom is 0.357 e. The third-order valence-electron chi connectivity index (χ3n) is 4.31. The molecule has 0 saturated heterocycles. The summed E-state index contributed by atoms with van der Waals surface area (Å²) < 4.78 is 9.51. The number of esters is 2. The van der Waals surface area contributed by atoms with Crippen LogP contribution in [0.2, 0.25) is 0 Å². The lowest BCUT2D eigenvalue weighted by Crippen LogP contribution is -2.46. The highest BCUT2D eigenvalue weighted by molar-refractivity contribution is 6.04. The van der Waals surface area contributed by atoms with Gasteiger partial charge in [-0.15, -0.1) is 0 Å². The van der Waals surface area contributed by atoms with Crippen LogP contribution in [0.25, 0.3) is 11.4 Å². The number of aromatic nitrogens is 2. The molecule has 0 unspecified atom stereocenters. The van der Waals surface area contributed by atoms with E-state index in [0.29, 0.717) is 17.8 Å². The highest BCUT2D eigenvalue weighted by atomic mass is 16.5. The molecule has 144 valence electrons. The largest absolute Gasteiger partial charge is 0.467 e. The molecule has 0 bridgehead atoms. The molecular formula is C19H23N3O5. The second-order valence-corrected chi connectivity index (χ2v) is 6.03. The Balaban J connectivity index is 2.40. The summed E-state index contributed by atoms with van der Waals surface area (Å²) in [5.74, 6) is -1.76. The highest BCUT2D eigenvalue weighted by Gasteiger charge is 2.31. The lowest BCUT2D eigenvalue weighted by atomic mass is 9.99. The number of amides is 1. The first-order valence-electron chi connectivity index (χ1n) is 8.55. The van der Waals surface area contributed by atoms with Crippen molar-refractivity contribution in [1.82, 2.24) is 15.3 Å². The van der Waals surface area contributed by atoms with E-state index in [1.807, 2.05) is 32.0 Å². The number of benzene rings is 1. The third-order valence-corrected chi connectivity index (χ3v) is 4.31. The van der Waals surface area contributed by atoms with Crippen LogP contribution in [-0.2, 0) is 14.3 Å². The number of nitrogens with one attached hydrogen (secondary N) is 2. The molecule has 0 radical (unpaired) electrons. The van der Waals surface area contributed by atoms with Gasteiger partial charge in [-0.3, -0.25) is 4.79 Å². The summed E-state index contributed by atoms with van der Waals surface area (Å²) >= 11 is 0. The molecule has 2 N–H and O–H groups in total. The summed E-state index contributed by atoms with van der Waals surface area (Å²) in [6.07, 6.45) is 0.653. The standard InChI is InChI=1S/C19H23N3O5/c1-5-11(2)13(18(24)26-3)22-17(23)14-15(19(25)27-4)21-16(20-14)12-9-7-6-8-10-12/h6-11,13H,5H2,1-4H3,(H,20,21)(H,22,23)/t11-,13-/m0/s1. The van der Waals surface area contributed by atoms with Gasteiger partial charge in [0.25, 0.3) is 5.91 Å². The number of carbonyl (C=O) groups excluding carboxylic acids is 3. The Labute approximate surface area is 157 Å². The smallest absolute Gasteiger partial charge is 0.357 e. The summed E-state index contributed by atoms with van der Waals surface area (Å²) in [5, 5.41) is 2.62. The number of methoxy groups -OCH3 is 2. The van der Waals surface area contributed by atoms with Crippen molar-refractivity contribution >= 4 is 17.8 Å². The number of rotatable bonds is 7. The Morgan fingerprint density at radius 1 is 1.15 bits per heavy atom. The van der Waals surface area contributed by atoms with Crippen molar-refractivity contribution in [1.29, 1.82) is 0 Å². The normalized spacial score (nSPS) is 12.7. The van der Waals surface area contributed by atoms with Crippen molar-refractivity contribution < 1.29 is 23.9 Å². The minimum Gasteiger partial charge on any atom is -0.467 e. The quantitative estimate of drug-likeness (QED) is 0.720. The average Bonchev–Trinajstić information content (AvgIpc) is 3.16. The minimum atomic E-state index is -0.852. The minimum absolute atomic E-state index is 0.0818. The summed E-state index contributed by atoms with van der Waals surface area (Å²) in [6.45, 7) is 3.72. The molecule has 1 heterocycles. The summed E-state index contributed by atoms with van der Waals surface area (Å²) in [7, 11) is 2.47. The molecule has 0 aliphatic rings. The topological polar surface area (TPSA) is 110 Å². The van der Waals surface area contributed by atoms with E-state index in [1.165, 1.54) is 14.2 Å². The van der Waals surface area contributed by atoms with Crippen LogP contribution in [-0.4, -0.2) is 48.1 Å². The first-order chi connectivity index (χ1) is 12.9. The van der Waals surface area contributed by atoms with E-state index in [0.717, 1.165) is 0 Å². The van der Waals surface area contributed by atoms with Crippen molar-refractivity contribution in [3.8, 4) is 11.4 Å². The predicted octanol–water partition coefficient (Wildman–Crippen LogP) is 2.18. The zero-order valence-electron chi connectivity index (χ0n) is 15.7. The van der Waals surface area contributed by atoms with Gasteiger partial charge in [-0.25, -0.2) is 14.6 Å². The molecule has 0 aliphatic carbocycles. The summed E-state index contributed by atoms with van der Waals surface area (Å²) in [5.41, 5.74) is 0.479. The van der Waals surface area contributed by atoms with Gasteiger partial charge in [0.05, 0.1) is 14.2 Å². The number of H-pyrrole nitrogens is 1. The van der Waals surface area contributed by atoms with Crippen LogP contribution < -0.4 is 5.32 Å². The molecule has 0 spiro atoms. The van der Waals surface area contributed by atoms with Crippen LogP contribution in [0.1, 0.15) is 41.2 Å². The number of hydrogen-bond acceptors (Lipinski definition) is 6. The van der Waals surface area contributed by atoms with Gasteiger partial charge in [-0.2, -0.15) is 0 Å². The number of carbonyl (C=O) groups is 3. The maximum absolute atomic E-state index is 12.8. The second kappa shape index (κ2) is 8.98. The molecule has 0 fully saturated rings. The number of aromatic amines is 1. The van der Waals surface area contributed by atoms with Crippen LogP contribution in [0.15, 0.2) is 30.3 Å². The molecule has 8 heteroatoms. The van der Waals surface area contributed by atoms with Gasteiger partial charge in [0, 0.05) is 5.56 Å². The fourth-order valence-corrected chi connectivity index (χ4v) is 2.53. The zero-order valence-corrected chi connectivity index (χ0v) is 15.7. The van der Waals surface area contributed by atoms with Crippen molar-refractivity contribution in [2.24, 2.45) is 5.92 Å². The van der Waals surface area contributed by atoms with Gasteiger partial charge in [-0.1, -0.05) is 50.6 Å². The van der Waals surface area contributed by atoms with E-state index in [4.69, 9.17) is 9.47 Å². The fraction of sp³-hybridized carbons (Fsp3) is 0.368. The van der Waals surface area contributed by atoms with Gasteiger partial charge in [0.15, 0.2) is 11.4 Å². The predicted molar refractivity (Wildman–Crippen MR) is 98.1 cm³/mol. The van der Waals surface area contributed by atoms with Crippen molar-refractivity contribution in [2.45, 2.75) is 26.3 Å². The molecule has 27 heavy (non-hydrogen) atoms. The molecule has 2 atom stereocenters. The Hall–Kier alpha value is -3.16. The van der Waals surface area contributed by atoms with Crippen molar-refractivity contribution in [3.63, 3.8) is 0 Å². The molecule has 1 aromatic carbocycles. The molecular weight excluding hydrogens is 350 g/mol. The highest BCUT2D eigenvalue weighted by Crippen LogP contribution is 2.19. The fourth-order valence-electron chi connectivity index (χ4n) is 2.53. The molecule has 2 rings (SSSR count). The van der Waals surface area contributed by atoms with Gasteiger partial charge in [-0.05, 0) is 5.92 Å². The van der Waals surface area contributed by atoms with Gasteiger partial charge >= 0.3 is 11.9 Å². The monoisotopic (exact) mass is 373 g/mol. The molecule has 1 amide bonds. The van der Waals surface area contributed by atoms with Crippen molar-refractivity contribution in [3.05, 3.63) is 41.7 Å². The Morgan fingerprint density at radius 2 is 1.81 bits per heavy atom. The Kier molecular flexibility index (Phi) is 6.70. The lowest BCUT2D eigenvalue weighted by Gasteiger charge is -2.21. The van der Waals surface area contributed by atoms with Gasteiger partial charge < -0.3 is 19.8 Å². The van der Waals surface area contributed by atoms with E-state index in [1.54, 1.807) is 12.1 Å². The SMILES string of the molecule is CC[C@H](C)[C@H](NC(=O)c1nc(-c2ccccc2)[nH]c1C(=O)OC)C(=O)OC. The number of hydrogen-bond donors (Lipinski definition) is 2. The van der Waals surface area contributed by atoms with Crippen LogP contribution in [0.5, 0.6) is 0 Å². The zero-order chi connectivity index (χ0) is 20.0. The summed E-state index contributed by atoms with van der Waals surface area (Å²) in [6, 6.07) is 8.19. The number of imidazole rings is 1. The Morgan fingerprint density at radius 3 is 2.37 bits per heavy atom. The van der Waals surface area contributed by atoms with E-state index in [-0.39, 0.29) is 17.3 Å². The Bertz CT molecular complexity index is 816.